The average Bonchev–Trinajstić information content (AvgIpc) is 2.86. The van der Waals surface area contributed by atoms with Crippen molar-refractivity contribution in [2.45, 2.75) is 64.5 Å². The minimum absolute atomic E-state index is 0.194. The number of aryl methyl sites for hydroxylation is 1. The molecular weight excluding hydrogens is 240 g/mol. The quantitative estimate of drug-likeness (QED) is 0.786. The summed E-state index contributed by atoms with van der Waals surface area (Å²) in [6.45, 7) is 1.39. The van der Waals surface area contributed by atoms with Crippen molar-refractivity contribution in [1.82, 2.24) is 15.0 Å². The molecule has 0 bridgehead atoms. The largest absolute Gasteiger partial charge is 0.396 e. The van der Waals surface area contributed by atoms with Gasteiger partial charge < -0.3 is 10.8 Å². The molecule has 1 fully saturated rings. The number of nitrogens with two attached hydrogens (primary N) is 1. The Hall–Kier alpha value is -0.940. The Morgan fingerprint density at radius 2 is 2.05 bits per heavy atom. The van der Waals surface area contributed by atoms with Crippen molar-refractivity contribution in [2.75, 3.05) is 6.61 Å². The van der Waals surface area contributed by atoms with Gasteiger partial charge in [0.15, 0.2) is 0 Å². The summed E-state index contributed by atoms with van der Waals surface area (Å²) in [6, 6.07) is 0. The van der Waals surface area contributed by atoms with Gasteiger partial charge in [0.25, 0.3) is 0 Å². The van der Waals surface area contributed by atoms with Gasteiger partial charge in [0, 0.05) is 19.7 Å². The van der Waals surface area contributed by atoms with Crippen LogP contribution in [-0.4, -0.2) is 26.7 Å². The van der Waals surface area contributed by atoms with Crippen LogP contribution in [0.5, 0.6) is 0 Å². The predicted molar refractivity (Wildman–Crippen MR) is 74.5 cm³/mol. The fourth-order valence-corrected chi connectivity index (χ4v) is 3.02. The lowest BCUT2D eigenvalue weighted by molar-refractivity contribution is 0.274. The van der Waals surface area contributed by atoms with Crippen LogP contribution in [0.25, 0.3) is 0 Å². The van der Waals surface area contributed by atoms with E-state index >= 15 is 0 Å². The first-order valence-electron chi connectivity index (χ1n) is 7.57. The fourth-order valence-electron chi connectivity index (χ4n) is 3.02. The summed E-state index contributed by atoms with van der Waals surface area (Å²) in [5.41, 5.74) is 7.84. The third-order valence-corrected chi connectivity index (χ3v) is 4.15. The molecule has 1 heterocycles. The monoisotopic (exact) mass is 266 g/mol. The minimum Gasteiger partial charge on any atom is -0.396 e. The lowest BCUT2D eigenvalue weighted by atomic mass is 9.85. The Morgan fingerprint density at radius 3 is 2.74 bits per heavy atom. The average molecular weight is 266 g/mol. The molecule has 0 spiro atoms. The molecular formula is C14H26N4O. The molecule has 0 atom stereocenters. The Balaban J connectivity index is 1.94. The van der Waals surface area contributed by atoms with Crippen LogP contribution in [0.2, 0.25) is 0 Å². The van der Waals surface area contributed by atoms with Crippen molar-refractivity contribution in [2.24, 2.45) is 11.7 Å². The number of aromatic nitrogens is 3. The molecule has 5 nitrogen and oxygen atoms in total. The Kier molecular flexibility index (Phi) is 5.79. The van der Waals surface area contributed by atoms with Crippen LogP contribution in [0.15, 0.2) is 0 Å². The molecule has 2 rings (SSSR count). The molecule has 5 heteroatoms. The number of nitrogens with zero attached hydrogens (tertiary/aromatic N) is 3. The minimum atomic E-state index is 0.194. The van der Waals surface area contributed by atoms with Crippen LogP contribution in [0.4, 0.5) is 0 Å². The molecule has 3 N–H and O–H groups in total. The van der Waals surface area contributed by atoms with Crippen LogP contribution in [0.1, 0.15) is 56.3 Å². The zero-order valence-corrected chi connectivity index (χ0v) is 11.7. The summed E-state index contributed by atoms with van der Waals surface area (Å²) in [4.78, 5) is 0. The van der Waals surface area contributed by atoms with E-state index in [0.29, 0.717) is 6.54 Å². The molecule has 0 aliphatic heterocycles. The first-order chi connectivity index (χ1) is 9.35. The lowest BCUT2D eigenvalue weighted by Crippen LogP contribution is -2.13. The van der Waals surface area contributed by atoms with Crippen molar-refractivity contribution in [3.63, 3.8) is 0 Å². The zero-order valence-electron chi connectivity index (χ0n) is 11.7. The lowest BCUT2D eigenvalue weighted by Gasteiger charge is -2.21. The summed E-state index contributed by atoms with van der Waals surface area (Å²) in [5.74, 6) is 0.862. The number of aliphatic hydroxyl groups is 1. The van der Waals surface area contributed by atoms with E-state index in [9.17, 15) is 0 Å². The van der Waals surface area contributed by atoms with Crippen molar-refractivity contribution in [1.29, 1.82) is 0 Å². The summed E-state index contributed by atoms with van der Waals surface area (Å²) >= 11 is 0. The highest BCUT2D eigenvalue weighted by Gasteiger charge is 2.17. The van der Waals surface area contributed by atoms with Gasteiger partial charge in [-0.05, 0) is 25.2 Å². The normalized spacial score (nSPS) is 16.9. The van der Waals surface area contributed by atoms with E-state index in [1.54, 1.807) is 0 Å². The highest BCUT2D eigenvalue weighted by atomic mass is 16.3. The molecule has 0 aromatic carbocycles. The summed E-state index contributed by atoms with van der Waals surface area (Å²) in [7, 11) is 0. The summed E-state index contributed by atoms with van der Waals surface area (Å²) in [6.07, 6.45) is 9.89. The van der Waals surface area contributed by atoms with Gasteiger partial charge in [-0.25, -0.2) is 4.68 Å². The second-order valence-corrected chi connectivity index (χ2v) is 5.53. The van der Waals surface area contributed by atoms with Gasteiger partial charge in [0.05, 0.1) is 11.4 Å². The number of rotatable bonds is 7. The van der Waals surface area contributed by atoms with Crippen LogP contribution in [-0.2, 0) is 19.5 Å². The van der Waals surface area contributed by atoms with Gasteiger partial charge in [-0.2, -0.15) is 0 Å². The Bertz CT molecular complexity index is 372. The van der Waals surface area contributed by atoms with Crippen molar-refractivity contribution in [3.8, 4) is 0 Å². The fraction of sp³-hybridized carbons (Fsp3) is 0.857. The maximum atomic E-state index is 8.93. The van der Waals surface area contributed by atoms with Crippen LogP contribution >= 0.6 is 0 Å². The third-order valence-electron chi connectivity index (χ3n) is 4.15. The van der Waals surface area contributed by atoms with Crippen molar-refractivity contribution in [3.05, 3.63) is 11.4 Å². The second kappa shape index (κ2) is 7.60. The number of hydrogen-bond donors (Lipinski definition) is 2. The molecule has 108 valence electrons. The van der Waals surface area contributed by atoms with Crippen LogP contribution in [0.3, 0.4) is 0 Å². The first kappa shape index (κ1) is 14.5. The highest BCUT2D eigenvalue weighted by Crippen LogP contribution is 2.27. The van der Waals surface area contributed by atoms with Gasteiger partial charge >= 0.3 is 0 Å². The molecule has 1 aromatic rings. The molecule has 0 amide bonds. The van der Waals surface area contributed by atoms with Crippen molar-refractivity contribution >= 4 is 0 Å². The molecule has 1 aliphatic carbocycles. The van der Waals surface area contributed by atoms with Gasteiger partial charge in [0.1, 0.15) is 0 Å². The van der Waals surface area contributed by atoms with Crippen LogP contribution in [0, 0.1) is 5.92 Å². The van der Waals surface area contributed by atoms with Gasteiger partial charge in [-0.1, -0.05) is 37.3 Å². The SMILES string of the molecule is NCc1nnn(CCCO)c1CCC1CCCCC1. The Labute approximate surface area is 115 Å². The zero-order chi connectivity index (χ0) is 13.5. The number of hydrogen-bond acceptors (Lipinski definition) is 4. The second-order valence-electron chi connectivity index (χ2n) is 5.53. The summed E-state index contributed by atoms with van der Waals surface area (Å²) < 4.78 is 1.93. The van der Waals surface area contributed by atoms with Crippen molar-refractivity contribution < 1.29 is 5.11 Å². The van der Waals surface area contributed by atoms with Gasteiger partial charge in [-0.3, -0.25) is 0 Å². The molecule has 1 saturated carbocycles. The maximum Gasteiger partial charge on any atom is 0.0994 e. The van der Waals surface area contributed by atoms with Gasteiger partial charge in [-0.15, -0.1) is 5.10 Å². The third kappa shape index (κ3) is 4.01. The highest BCUT2D eigenvalue weighted by molar-refractivity contribution is 5.10. The topological polar surface area (TPSA) is 77.0 Å². The smallest absolute Gasteiger partial charge is 0.0994 e. The molecule has 0 unspecified atom stereocenters. The molecule has 0 radical (unpaired) electrons. The predicted octanol–water partition coefficient (Wildman–Crippen LogP) is 1.63. The molecule has 0 saturated heterocycles. The molecule has 1 aromatic heterocycles. The molecule has 1 aliphatic rings. The van der Waals surface area contributed by atoms with E-state index in [2.05, 4.69) is 10.3 Å². The first-order valence-corrected chi connectivity index (χ1v) is 7.57. The molecule has 19 heavy (non-hydrogen) atoms. The Morgan fingerprint density at radius 1 is 1.26 bits per heavy atom. The van der Waals surface area contributed by atoms with E-state index < -0.39 is 0 Å². The van der Waals surface area contributed by atoms with E-state index in [1.165, 1.54) is 44.2 Å². The number of aliphatic hydroxyl groups excluding tert-OH is 1. The van der Waals surface area contributed by atoms with Crippen LogP contribution < -0.4 is 5.73 Å². The van der Waals surface area contributed by atoms with E-state index in [0.717, 1.165) is 31.0 Å². The summed E-state index contributed by atoms with van der Waals surface area (Å²) in [5, 5.41) is 17.3. The van der Waals surface area contributed by atoms with Gasteiger partial charge in [0.2, 0.25) is 0 Å². The van der Waals surface area contributed by atoms with E-state index in [1.807, 2.05) is 4.68 Å². The maximum absolute atomic E-state index is 8.93. The van der Waals surface area contributed by atoms with E-state index in [4.69, 9.17) is 10.8 Å². The van der Waals surface area contributed by atoms with E-state index in [-0.39, 0.29) is 6.61 Å². The standard InChI is InChI=1S/C14H26N4O/c15-11-13-14(18(17-16-13)9-4-10-19)8-7-12-5-2-1-3-6-12/h12,19H,1-11,15H2.